The summed E-state index contributed by atoms with van der Waals surface area (Å²) in [5.74, 6) is 0.0924. The number of sulfonamides is 1. The van der Waals surface area contributed by atoms with Gasteiger partial charge in [-0.2, -0.15) is 0 Å². The molecule has 0 bridgehead atoms. The summed E-state index contributed by atoms with van der Waals surface area (Å²) < 4.78 is 28.1. The molecule has 4 rings (SSSR count). The average Bonchev–Trinajstić information content (AvgIpc) is 2.83. The highest BCUT2D eigenvalue weighted by atomic mass is 35.5. The molecule has 0 amide bonds. The Morgan fingerprint density at radius 3 is 2.46 bits per heavy atom. The van der Waals surface area contributed by atoms with Crippen molar-refractivity contribution in [3.05, 3.63) is 68.9 Å². The second-order valence-electron chi connectivity index (χ2n) is 7.26. The van der Waals surface area contributed by atoms with E-state index in [2.05, 4.69) is 14.7 Å². The van der Waals surface area contributed by atoms with Gasteiger partial charge in [0.2, 0.25) is 10.0 Å². The van der Waals surface area contributed by atoms with E-state index in [-0.39, 0.29) is 50.9 Å². The van der Waals surface area contributed by atoms with Crippen molar-refractivity contribution in [3.63, 3.8) is 0 Å². The van der Waals surface area contributed by atoms with E-state index in [0.29, 0.717) is 16.5 Å². The van der Waals surface area contributed by atoms with Crippen molar-refractivity contribution in [3.8, 4) is 22.5 Å². The van der Waals surface area contributed by atoms with E-state index < -0.39 is 15.6 Å². The molecule has 0 aliphatic rings. The van der Waals surface area contributed by atoms with E-state index in [0.717, 1.165) is 4.73 Å². The minimum absolute atomic E-state index is 0.0203. The Bertz CT molecular complexity index is 1590. The lowest BCUT2D eigenvalue weighted by Crippen LogP contribution is -2.28. The molecule has 0 radical (unpaired) electrons. The van der Waals surface area contributed by atoms with Crippen molar-refractivity contribution >= 4 is 50.1 Å². The number of aliphatic hydroxyl groups excluding tert-OH is 1. The van der Waals surface area contributed by atoms with Gasteiger partial charge in [-0.3, -0.25) is 4.79 Å². The quantitative estimate of drug-likeness (QED) is 0.326. The molecule has 0 atom stereocenters. The first-order valence-electron chi connectivity index (χ1n) is 10.1. The monoisotopic (exact) mass is 535 g/mol. The number of halogens is 2. The van der Waals surface area contributed by atoms with Crippen LogP contribution in [0.15, 0.2) is 58.2 Å². The highest BCUT2D eigenvalue weighted by Crippen LogP contribution is 2.35. The SMILES string of the molecule is COn1c(=O)c(-c2c(Cl)cccc2Cl)cc2c(N)nc(-c3cccc(S(=O)(=O)NCCO)c3)nc21. The van der Waals surface area contributed by atoms with E-state index in [4.69, 9.17) is 38.9 Å². The molecule has 0 saturated heterocycles. The zero-order valence-electron chi connectivity index (χ0n) is 18.2. The molecule has 2 heterocycles. The first kappa shape index (κ1) is 24.9. The van der Waals surface area contributed by atoms with Gasteiger partial charge < -0.3 is 15.7 Å². The Kier molecular flexibility index (Phi) is 6.97. The Morgan fingerprint density at radius 1 is 1.11 bits per heavy atom. The maximum absolute atomic E-state index is 13.3. The number of aromatic nitrogens is 3. The van der Waals surface area contributed by atoms with Gasteiger partial charge in [0.05, 0.1) is 32.5 Å². The predicted octanol–water partition coefficient (Wildman–Crippen LogP) is 2.34. The lowest BCUT2D eigenvalue weighted by atomic mass is 10.1. The fourth-order valence-electron chi connectivity index (χ4n) is 3.48. The number of nitrogens with zero attached hydrogens (tertiary/aromatic N) is 3. The molecule has 2 aromatic carbocycles. The van der Waals surface area contributed by atoms with Crippen LogP contribution in [0.2, 0.25) is 10.0 Å². The summed E-state index contributed by atoms with van der Waals surface area (Å²) in [7, 11) is -2.58. The van der Waals surface area contributed by atoms with Crippen LogP contribution in [-0.2, 0) is 10.0 Å². The minimum atomic E-state index is -3.87. The zero-order valence-corrected chi connectivity index (χ0v) is 20.5. The average molecular weight is 536 g/mol. The second-order valence-corrected chi connectivity index (χ2v) is 9.84. The molecule has 4 aromatic rings. The molecule has 182 valence electrons. The molecular formula is C22H19Cl2N5O5S. The Morgan fingerprint density at radius 2 is 1.80 bits per heavy atom. The molecule has 35 heavy (non-hydrogen) atoms. The molecule has 0 aliphatic heterocycles. The Hall–Kier alpha value is -3.22. The number of nitrogen functional groups attached to an aromatic ring is 1. The van der Waals surface area contributed by atoms with Crippen LogP contribution in [0, 0.1) is 0 Å². The maximum Gasteiger partial charge on any atom is 0.293 e. The van der Waals surface area contributed by atoms with Gasteiger partial charge in [-0.25, -0.2) is 23.1 Å². The smallest absolute Gasteiger partial charge is 0.293 e. The third-order valence-electron chi connectivity index (χ3n) is 5.07. The summed E-state index contributed by atoms with van der Waals surface area (Å²) in [6.45, 7) is -0.483. The van der Waals surface area contributed by atoms with E-state index >= 15 is 0 Å². The highest BCUT2D eigenvalue weighted by molar-refractivity contribution is 7.89. The maximum atomic E-state index is 13.3. The van der Waals surface area contributed by atoms with Gasteiger partial charge >= 0.3 is 0 Å². The second kappa shape index (κ2) is 9.80. The van der Waals surface area contributed by atoms with Crippen molar-refractivity contribution in [2.24, 2.45) is 0 Å². The van der Waals surface area contributed by atoms with Gasteiger partial charge in [0.1, 0.15) is 12.9 Å². The molecule has 0 saturated carbocycles. The van der Waals surface area contributed by atoms with Crippen LogP contribution < -0.4 is 20.9 Å². The van der Waals surface area contributed by atoms with Crippen LogP contribution in [0.3, 0.4) is 0 Å². The van der Waals surface area contributed by atoms with Crippen LogP contribution in [0.5, 0.6) is 0 Å². The Labute approximate surface area is 209 Å². The van der Waals surface area contributed by atoms with Crippen molar-refractivity contribution in [2.45, 2.75) is 4.90 Å². The van der Waals surface area contributed by atoms with Gasteiger partial charge in [0, 0.05) is 17.7 Å². The number of anilines is 1. The van der Waals surface area contributed by atoms with Crippen molar-refractivity contribution in [1.82, 2.24) is 19.4 Å². The number of hydrogen-bond donors (Lipinski definition) is 3. The molecular weight excluding hydrogens is 517 g/mol. The van der Waals surface area contributed by atoms with Crippen molar-refractivity contribution in [2.75, 3.05) is 26.0 Å². The zero-order chi connectivity index (χ0) is 25.3. The van der Waals surface area contributed by atoms with E-state index in [1.54, 1.807) is 24.3 Å². The fourth-order valence-corrected chi connectivity index (χ4v) is 5.15. The molecule has 2 aromatic heterocycles. The number of nitrogens with one attached hydrogen (secondary N) is 1. The number of benzene rings is 2. The van der Waals surface area contributed by atoms with Crippen molar-refractivity contribution < 1.29 is 18.4 Å². The first-order valence-corrected chi connectivity index (χ1v) is 12.3. The summed E-state index contributed by atoms with van der Waals surface area (Å²) in [5.41, 5.74) is 6.50. The van der Waals surface area contributed by atoms with Crippen LogP contribution in [0.25, 0.3) is 33.5 Å². The summed E-state index contributed by atoms with van der Waals surface area (Å²) in [4.78, 5) is 27.3. The predicted molar refractivity (Wildman–Crippen MR) is 134 cm³/mol. The number of nitrogens with two attached hydrogens (primary N) is 1. The van der Waals surface area contributed by atoms with Crippen LogP contribution in [-0.4, -0.2) is 48.5 Å². The van der Waals surface area contributed by atoms with E-state index in [1.807, 2.05) is 0 Å². The number of rotatable bonds is 7. The lowest BCUT2D eigenvalue weighted by Gasteiger charge is -2.14. The fraction of sp³-hybridized carbons (Fsp3) is 0.136. The van der Waals surface area contributed by atoms with Gasteiger partial charge in [-0.1, -0.05) is 41.4 Å². The molecule has 0 unspecified atom stereocenters. The van der Waals surface area contributed by atoms with Crippen LogP contribution >= 0.6 is 23.2 Å². The van der Waals surface area contributed by atoms with Gasteiger partial charge in [0.25, 0.3) is 5.56 Å². The topological polar surface area (TPSA) is 149 Å². The molecule has 0 aliphatic carbocycles. The number of pyridine rings is 1. The minimum Gasteiger partial charge on any atom is -0.412 e. The Balaban J connectivity index is 1.92. The highest BCUT2D eigenvalue weighted by Gasteiger charge is 2.21. The number of hydrogen-bond acceptors (Lipinski definition) is 8. The summed E-state index contributed by atoms with van der Waals surface area (Å²) in [5, 5.41) is 9.75. The lowest BCUT2D eigenvalue weighted by molar-refractivity contribution is 0.168. The summed E-state index contributed by atoms with van der Waals surface area (Å²) in [6, 6.07) is 12.2. The number of fused-ring (bicyclic) bond motifs is 1. The molecule has 0 fully saturated rings. The molecule has 0 spiro atoms. The molecule has 13 heteroatoms. The van der Waals surface area contributed by atoms with Crippen molar-refractivity contribution in [1.29, 1.82) is 0 Å². The first-order chi connectivity index (χ1) is 16.7. The van der Waals surface area contributed by atoms with Crippen LogP contribution in [0.4, 0.5) is 5.82 Å². The normalized spacial score (nSPS) is 11.7. The molecule has 4 N–H and O–H groups in total. The largest absolute Gasteiger partial charge is 0.412 e. The standard InChI is InChI=1S/C22H19Cl2N5O5S/c1-34-29-21-15(11-14(22(29)31)18-16(23)6-3-7-17(18)24)19(25)27-20(28-21)12-4-2-5-13(10-12)35(32,33)26-8-9-30/h2-7,10-11,26,30H,8-9H2,1H3,(H2,25,27,28). The van der Waals surface area contributed by atoms with Gasteiger partial charge in [-0.05, 0) is 30.3 Å². The van der Waals surface area contributed by atoms with E-state index in [9.17, 15) is 13.2 Å². The molecule has 10 nitrogen and oxygen atoms in total. The van der Waals surface area contributed by atoms with Crippen LogP contribution in [0.1, 0.15) is 0 Å². The third-order valence-corrected chi connectivity index (χ3v) is 7.16. The van der Waals surface area contributed by atoms with Gasteiger partial charge in [-0.15, -0.1) is 4.73 Å². The van der Waals surface area contributed by atoms with E-state index in [1.165, 1.54) is 31.4 Å². The number of aliphatic hydroxyl groups is 1. The summed E-state index contributed by atoms with van der Waals surface area (Å²) in [6.07, 6.45) is 0. The summed E-state index contributed by atoms with van der Waals surface area (Å²) >= 11 is 12.6. The van der Waals surface area contributed by atoms with Gasteiger partial charge in [0.15, 0.2) is 11.5 Å². The third kappa shape index (κ3) is 4.68.